The maximum Gasteiger partial charge on any atom is 0.343 e. The van der Waals surface area contributed by atoms with Crippen LogP contribution in [0, 0.1) is 10.1 Å². The Kier molecular flexibility index (Phi) is 5.37. The third-order valence-corrected chi connectivity index (χ3v) is 4.85. The molecule has 0 fully saturated rings. The fourth-order valence-corrected chi connectivity index (χ4v) is 3.19. The number of nitro groups is 1. The van der Waals surface area contributed by atoms with Gasteiger partial charge in [0.15, 0.2) is 5.03 Å². The van der Waals surface area contributed by atoms with Gasteiger partial charge in [0.05, 0.1) is 15.0 Å². The Morgan fingerprint density at radius 2 is 1.80 bits per heavy atom. The number of halogens is 2. The largest absolute Gasteiger partial charge is 0.343 e. The van der Waals surface area contributed by atoms with E-state index in [9.17, 15) is 10.1 Å². The van der Waals surface area contributed by atoms with E-state index in [2.05, 4.69) is 15.3 Å². The van der Waals surface area contributed by atoms with E-state index in [1.54, 1.807) is 18.2 Å². The standard InChI is InChI=1S/C16H10Cl2N4O2S/c17-12-7-6-10(8-13(12)18)21-15-14(22(23)24)16(20-9-19-15)25-11-4-2-1-3-5-11/h1-9H,(H,19,20,21). The summed E-state index contributed by atoms with van der Waals surface area (Å²) in [5.74, 6) is 0.0804. The monoisotopic (exact) mass is 392 g/mol. The molecule has 3 aromatic rings. The van der Waals surface area contributed by atoms with Gasteiger partial charge in [-0.15, -0.1) is 0 Å². The number of nitrogens with one attached hydrogen (secondary N) is 1. The van der Waals surface area contributed by atoms with Crippen LogP contribution >= 0.6 is 35.0 Å². The molecule has 1 heterocycles. The molecule has 0 amide bonds. The Morgan fingerprint density at radius 1 is 1.04 bits per heavy atom. The summed E-state index contributed by atoms with van der Waals surface area (Å²) in [5, 5.41) is 15.4. The molecule has 0 saturated heterocycles. The third-order valence-electron chi connectivity index (χ3n) is 3.11. The SMILES string of the molecule is O=[N+]([O-])c1c(Nc2ccc(Cl)c(Cl)c2)ncnc1Sc1ccccc1. The first-order valence-electron chi connectivity index (χ1n) is 6.99. The van der Waals surface area contributed by atoms with E-state index in [0.717, 1.165) is 4.90 Å². The molecule has 3 rings (SSSR count). The van der Waals surface area contributed by atoms with Gasteiger partial charge in [0, 0.05) is 10.6 Å². The molecular formula is C16H10Cl2N4O2S. The number of hydrogen-bond acceptors (Lipinski definition) is 6. The summed E-state index contributed by atoms with van der Waals surface area (Å²) < 4.78 is 0. The van der Waals surface area contributed by atoms with Crippen LogP contribution in [0.1, 0.15) is 0 Å². The maximum atomic E-state index is 11.6. The van der Waals surface area contributed by atoms with Crippen molar-refractivity contribution in [1.29, 1.82) is 0 Å². The maximum absolute atomic E-state index is 11.6. The summed E-state index contributed by atoms with van der Waals surface area (Å²) in [7, 11) is 0. The van der Waals surface area contributed by atoms with E-state index in [0.29, 0.717) is 15.7 Å². The molecule has 1 N–H and O–H groups in total. The highest BCUT2D eigenvalue weighted by Crippen LogP contribution is 2.37. The fraction of sp³-hybridized carbons (Fsp3) is 0. The van der Waals surface area contributed by atoms with Gasteiger partial charge in [0.25, 0.3) is 0 Å². The zero-order chi connectivity index (χ0) is 17.8. The highest BCUT2D eigenvalue weighted by Gasteiger charge is 2.24. The summed E-state index contributed by atoms with van der Waals surface area (Å²) in [6, 6.07) is 14.1. The molecule has 0 bridgehead atoms. The van der Waals surface area contributed by atoms with E-state index in [-0.39, 0.29) is 16.5 Å². The van der Waals surface area contributed by atoms with Crippen LogP contribution < -0.4 is 5.32 Å². The second kappa shape index (κ2) is 7.69. The van der Waals surface area contributed by atoms with Crippen LogP contribution in [0.15, 0.2) is 64.8 Å². The molecule has 25 heavy (non-hydrogen) atoms. The van der Waals surface area contributed by atoms with Crippen molar-refractivity contribution in [1.82, 2.24) is 9.97 Å². The summed E-state index contributed by atoms with van der Waals surface area (Å²) in [6.45, 7) is 0. The fourth-order valence-electron chi connectivity index (χ4n) is 2.00. The van der Waals surface area contributed by atoms with E-state index in [4.69, 9.17) is 23.2 Å². The Bertz CT molecular complexity index is 925. The van der Waals surface area contributed by atoms with Crippen molar-refractivity contribution in [3.63, 3.8) is 0 Å². The minimum atomic E-state index is -0.509. The second-order valence-electron chi connectivity index (χ2n) is 4.80. The quantitative estimate of drug-likeness (QED) is 0.346. The predicted octanol–water partition coefficient (Wildman–Crippen LogP) is 5.59. The van der Waals surface area contributed by atoms with Crippen molar-refractivity contribution >= 4 is 52.2 Å². The first-order chi connectivity index (χ1) is 12.0. The number of benzene rings is 2. The molecule has 2 aromatic carbocycles. The lowest BCUT2D eigenvalue weighted by Gasteiger charge is -2.09. The van der Waals surface area contributed by atoms with Gasteiger partial charge in [-0.3, -0.25) is 10.1 Å². The Hall–Kier alpha value is -2.35. The normalized spacial score (nSPS) is 10.5. The van der Waals surface area contributed by atoms with Crippen LogP contribution in [-0.2, 0) is 0 Å². The first-order valence-corrected chi connectivity index (χ1v) is 8.56. The van der Waals surface area contributed by atoms with Gasteiger partial charge in [-0.05, 0) is 30.3 Å². The van der Waals surface area contributed by atoms with Gasteiger partial charge in [0.1, 0.15) is 6.33 Å². The van der Waals surface area contributed by atoms with Gasteiger partial charge in [-0.1, -0.05) is 53.2 Å². The van der Waals surface area contributed by atoms with E-state index in [1.807, 2.05) is 30.3 Å². The van der Waals surface area contributed by atoms with Crippen LogP contribution in [-0.4, -0.2) is 14.9 Å². The zero-order valence-corrected chi connectivity index (χ0v) is 14.8. The van der Waals surface area contributed by atoms with Crippen molar-refractivity contribution in [2.75, 3.05) is 5.32 Å². The molecule has 0 radical (unpaired) electrons. The molecule has 9 heteroatoms. The first kappa shape index (κ1) is 17.5. The minimum Gasteiger partial charge on any atom is -0.334 e. The highest BCUT2D eigenvalue weighted by atomic mass is 35.5. The number of rotatable bonds is 5. The summed E-state index contributed by atoms with van der Waals surface area (Å²) in [6.07, 6.45) is 1.28. The van der Waals surface area contributed by atoms with Gasteiger partial charge < -0.3 is 5.32 Å². The van der Waals surface area contributed by atoms with Crippen LogP contribution in [0.25, 0.3) is 0 Å². The topological polar surface area (TPSA) is 81.0 Å². The third kappa shape index (κ3) is 4.19. The molecule has 126 valence electrons. The van der Waals surface area contributed by atoms with Crippen molar-refractivity contribution in [2.45, 2.75) is 9.92 Å². The van der Waals surface area contributed by atoms with Crippen molar-refractivity contribution in [3.8, 4) is 0 Å². The number of aromatic nitrogens is 2. The average molecular weight is 393 g/mol. The predicted molar refractivity (Wildman–Crippen MR) is 99.0 cm³/mol. The summed E-state index contributed by atoms with van der Waals surface area (Å²) in [5.41, 5.74) is 0.328. The Morgan fingerprint density at radius 3 is 2.48 bits per heavy atom. The smallest absolute Gasteiger partial charge is 0.334 e. The van der Waals surface area contributed by atoms with E-state index >= 15 is 0 Å². The minimum absolute atomic E-state index is 0.0804. The molecule has 1 aromatic heterocycles. The lowest BCUT2D eigenvalue weighted by molar-refractivity contribution is -0.387. The molecule has 6 nitrogen and oxygen atoms in total. The van der Waals surface area contributed by atoms with E-state index < -0.39 is 4.92 Å². The van der Waals surface area contributed by atoms with Crippen molar-refractivity contribution < 1.29 is 4.92 Å². The zero-order valence-electron chi connectivity index (χ0n) is 12.5. The Labute approximate surface area is 157 Å². The number of hydrogen-bond donors (Lipinski definition) is 1. The van der Waals surface area contributed by atoms with Crippen LogP contribution in [0.5, 0.6) is 0 Å². The molecule has 0 aliphatic carbocycles. The Balaban J connectivity index is 1.97. The highest BCUT2D eigenvalue weighted by molar-refractivity contribution is 7.99. The average Bonchev–Trinajstić information content (AvgIpc) is 2.59. The molecule has 0 aliphatic heterocycles. The van der Waals surface area contributed by atoms with E-state index in [1.165, 1.54) is 18.1 Å². The molecule has 0 aliphatic rings. The molecule has 0 spiro atoms. The molecular weight excluding hydrogens is 383 g/mol. The van der Waals surface area contributed by atoms with Crippen LogP contribution in [0.2, 0.25) is 10.0 Å². The van der Waals surface area contributed by atoms with Crippen molar-refractivity contribution in [2.24, 2.45) is 0 Å². The molecule has 0 saturated carbocycles. The number of nitrogens with zero attached hydrogens (tertiary/aromatic N) is 3. The molecule has 0 atom stereocenters. The lowest BCUT2D eigenvalue weighted by Crippen LogP contribution is -2.02. The van der Waals surface area contributed by atoms with Crippen LogP contribution in [0.4, 0.5) is 17.2 Å². The summed E-state index contributed by atoms with van der Waals surface area (Å²) >= 11 is 13.1. The van der Waals surface area contributed by atoms with Gasteiger partial charge in [-0.25, -0.2) is 9.97 Å². The summed E-state index contributed by atoms with van der Waals surface area (Å²) in [4.78, 5) is 19.9. The van der Waals surface area contributed by atoms with Crippen LogP contribution in [0.3, 0.4) is 0 Å². The van der Waals surface area contributed by atoms with Crippen molar-refractivity contribution in [3.05, 3.63) is 75.0 Å². The number of anilines is 2. The lowest BCUT2D eigenvalue weighted by atomic mass is 10.3. The second-order valence-corrected chi connectivity index (χ2v) is 6.68. The van der Waals surface area contributed by atoms with Gasteiger partial charge >= 0.3 is 5.69 Å². The van der Waals surface area contributed by atoms with Gasteiger partial charge in [-0.2, -0.15) is 0 Å². The molecule has 0 unspecified atom stereocenters. The van der Waals surface area contributed by atoms with Gasteiger partial charge in [0.2, 0.25) is 5.82 Å².